The number of nitrogens with one attached hydrogen (secondary N) is 2. The molecule has 1 aliphatic heterocycles. The van der Waals surface area contributed by atoms with Gasteiger partial charge in [0.25, 0.3) is 0 Å². The van der Waals surface area contributed by atoms with E-state index in [9.17, 15) is 0 Å². The number of ether oxygens (including phenoxy) is 1. The quantitative estimate of drug-likeness (QED) is 0.384. The van der Waals surface area contributed by atoms with Crippen molar-refractivity contribution in [3.63, 3.8) is 0 Å². The van der Waals surface area contributed by atoms with E-state index in [2.05, 4.69) is 33.5 Å². The maximum absolute atomic E-state index is 5.66. The number of guanidine groups is 1. The summed E-state index contributed by atoms with van der Waals surface area (Å²) in [6.45, 7) is 10.2. The van der Waals surface area contributed by atoms with E-state index in [1.54, 1.807) is 0 Å². The van der Waals surface area contributed by atoms with E-state index in [-0.39, 0.29) is 24.0 Å². The van der Waals surface area contributed by atoms with E-state index < -0.39 is 0 Å². The minimum Gasteiger partial charge on any atom is -0.494 e. The number of rotatable bonds is 7. The number of aliphatic imine (C=N–C) groups is 1. The lowest BCUT2D eigenvalue weighted by atomic mass is 10.1. The first-order valence-electron chi connectivity index (χ1n) is 8.64. The van der Waals surface area contributed by atoms with Crippen LogP contribution in [-0.2, 0) is 6.54 Å². The van der Waals surface area contributed by atoms with Gasteiger partial charge >= 0.3 is 0 Å². The van der Waals surface area contributed by atoms with Crippen molar-refractivity contribution in [1.82, 2.24) is 15.5 Å². The number of halogens is 1. The van der Waals surface area contributed by atoms with Crippen LogP contribution in [0.2, 0.25) is 0 Å². The second-order valence-electron chi connectivity index (χ2n) is 5.90. The van der Waals surface area contributed by atoms with Crippen LogP contribution in [0.3, 0.4) is 0 Å². The molecule has 1 unspecified atom stereocenters. The van der Waals surface area contributed by atoms with Crippen LogP contribution in [0.1, 0.15) is 25.8 Å². The molecule has 0 amide bonds. The van der Waals surface area contributed by atoms with Crippen LogP contribution in [0.4, 0.5) is 0 Å². The van der Waals surface area contributed by atoms with Crippen molar-refractivity contribution >= 4 is 29.9 Å². The van der Waals surface area contributed by atoms with Gasteiger partial charge in [-0.3, -0.25) is 4.99 Å². The summed E-state index contributed by atoms with van der Waals surface area (Å²) in [5.41, 5.74) is 1.15. The number of hydrogen-bond donors (Lipinski definition) is 2. The highest BCUT2D eigenvalue weighted by atomic mass is 127. The van der Waals surface area contributed by atoms with Crippen molar-refractivity contribution in [1.29, 1.82) is 0 Å². The highest BCUT2D eigenvalue weighted by Crippen LogP contribution is 2.17. The van der Waals surface area contributed by atoms with Crippen LogP contribution in [0, 0.1) is 5.92 Å². The molecule has 1 aromatic rings. The molecule has 0 radical (unpaired) electrons. The van der Waals surface area contributed by atoms with Gasteiger partial charge in [0.1, 0.15) is 5.75 Å². The average molecular weight is 446 g/mol. The second-order valence-corrected chi connectivity index (χ2v) is 5.90. The number of para-hydroxylation sites is 1. The Balaban J connectivity index is 0.00000288. The molecule has 24 heavy (non-hydrogen) atoms. The summed E-state index contributed by atoms with van der Waals surface area (Å²) in [6, 6.07) is 8.13. The molecule has 2 N–H and O–H groups in total. The molecular formula is C18H31IN4O. The summed E-state index contributed by atoms with van der Waals surface area (Å²) in [7, 11) is 1.82. The SMILES string of the molecule is CCOc1ccccc1CNC(=NC)NCC1CCN(CC)C1.I. The van der Waals surface area contributed by atoms with E-state index in [1.807, 2.05) is 32.2 Å². The molecule has 1 aromatic carbocycles. The van der Waals surface area contributed by atoms with Gasteiger partial charge in [0, 0.05) is 32.2 Å². The lowest BCUT2D eigenvalue weighted by Gasteiger charge is -2.17. The predicted octanol–water partition coefficient (Wildman–Crippen LogP) is 2.71. The lowest BCUT2D eigenvalue weighted by molar-refractivity contribution is 0.336. The van der Waals surface area contributed by atoms with Gasteiger partial charge in [0.2, 0.25) is 0 Å². The molecule has 0 aliphatic carbocycles. The van der Waals surface area contributed by atoms with E-state index in [1.165, 1.54) is 19.5 Å². The standard InChI is InChI=1S/C18H30N4O.HI/c1-4-22-11-10-15(14-22)12-20-18(19-3)21-13-16-8-6-7-9-17(16)23-5-2;/h6-9,15H,4-5,10-14H2,1-3H3,(H2,19,20,21);1H. The largest absolute Gasteiger partial charge is 0.494 e. The van der Waals surface area contributed by atoms with Crippen molar-refractivity contribution in [3.8, 4) is 5.75 Å². The molecule has 0 aromatic heterocycles. The summed E-state index contributed by atoms with van der Waals surface area (Å²) < 4.78 is 5.66. The Labute approximate surface area is 163 Å². The third-order valence-electron chi connectivity index (χ3n) is 4.32. The van der Waals surface area contributed by atoms with Gasteiger partial charge in [-0.25, -0.2) is 0 Å². The van der Waals surface area contributed by atoms with Crippen LogP contribution in [0.25, 0.3) is 0 Å². The monoisotopic (exact) mass is 446 g/mol. The lowest BCUT2D eigenvalue weighted by Crippen LogP contribution is -2.40. The van der Waals surface area contributed by atoms with E-state index in [0.29, 0.717) is 19.1 Å². The minimum atomic E-state index is 0. The maximum Gasteiger partial charge on any atom is 0.191 e. The number of benzene rings is 1. The molecule has 0 saturated carbocycles. The fourth-order valence-corrected chi connectivity index (χ4v) is 2.95. The van der Waals surface area contributed by atoms with Crippen molar-refractivity contribution in [2.24, 2.45) is 10.9 Å². The Kier molecular flexibility index (Phi) is 10.1. The zero-order valence-electron chi connectivity index (χ0n) is 15.0. The molecule has 136 valence electrons. The topological polar surface area (TPSA) is 48.9 Å². The van der Waals surface area contributed by atoms with Crippen molar-refractivity contribution < 1.29 is 4.74 Å². The fourth-order valence-electron chi connectivity index (χ4n) is 2.95. The molecule has 5 nitrogen and oxygen atoms in total. The first-order valence-corrected chi connectivity index (χ1v) is 8.64. The first kappa shape index (κ1) is 21.0. The Morgan fingerprint density at radius 3 is 2.75 bits per heavy atom. The van der Waals surface area contributed by atoms with Gasteiger partial charge in [0.05, 0.1) is 6.61 Å². The third-order valence-corrected chi connectivity index (χ3v) is 4.32. The van der Waals surface area contributed by atoms with Gasteiger partial charge in [-0.1, -0.05) is 25.1 Å². The Morgan fingerprint density at radius 1 is 1.29 bits per heavy atom. The predicted molar refractivity (Wildman–Crippen MR) is 111 cm³/mol. The molecule has 1 atom stereocenters. The summed E-state index contributed by atoms with van der Waals surface area (Å²) in [6.07, 6.45) is 1.27. The summed E-state index contributed by atoms with van der Waals surface area (Å²) in [5.74, 6) is 2.50. The first-order chi connectivity index (χ1) is 11.3. The van der Waals surface area contributed by atoms with Crippen LogP contribution >= 0.6 is 24.0 Å². The molecule has 1 saturated heterocycles. The average Bonchev–Trinajstić information content (AvgIpc) is 3.04. The van der Waals surface area contributed by atoms with Gasteiger partial charge in [-0.05, 0) is 38.4 Å². The minimum absolute atomic E-state index is 0. The molecule has 0 spiro atoms. The Hall–Kier alpha value is -1.02. The van der Waals surface area contributed by atoms with Crippen molar-refractivity contribution in [2.45, 2.75) is 26.8 Å². The Morgan fingerprint density at radius 2 is 2.08 bits per heavy atom. The van der Waals surface area contributed by atoms with E-state index >= 15 is 0 Å². The highest BCUT2D eigenvalue weighted by Gasteiger charge is 2.20. The van der Waals surface area contributed by atoms with Crippen LogP contribution in [0.15, 0.2) is 29.3 Å². The zero-order valence-corrected chi connectivity index (χ0v) is 17.4. The number of hydrogen-bond acceptors (Lipinski definition) is 3. The van der Waals surface area contributed by atoms with Gasteiger partial charge < -0.3 is 20.3 Å². The van der Waals surface area contributed by atoms with Crippen LogP contribution < -0.4 is 15.4 Å². The van der Waals surface area contributed by atoms with Crippen LogP contribution in [0.5, 0.6) is 5.75 Å². The Bertz CT molecular complexity index is 510. The molecule has 2 rings (SSSR count). The van der Waals surface area contributed by atoms with Gasteiger partial charge in [0.15, 0.2) is 5.96 Å². The highest BCUT2D eigenvalue weighted by molar-refractivity contribution is 14.0. The number of nitrogens with zero attached hydrogens (tertiary/aromatic N) is 2. The molecular weight excluding hydrogens is 415 g/mol. The molecule has 1 aliphatic rings. The fraction of sp³-hybridized carbons (Fsp3) is 0.611. The summed E-state index contributed by atoms with van der Waals surface area (Å²) >= 11 is 0. The normalized spacial score (nSPS) is 18.1. The molecule has 1 fully saturated rings. The summed E-state index contributed by atoms with van der Waals surface area (Å²) in [4.78, 5) is 6.82. The number of likely N-dealkylation sites (tertiary alicyclic amines) is 1. The molecule has 1 heterocycles. The van der Waals surface area contributed by atoms with Gasteiger partial charge in [-0.15, -0.1) is 24.0 Å². The summed E-state index contributed by atoms with van der Waals surface area (Å²) in [5, 5.41) is 6.83. The van der Waals surface area contributed by atoms with Gasteiger partial charge in [-0.2, -0.15) is 0 Å². The zero-order chi connectivity index (χ0) is 16.5. The second kappa shape index (κ2) is 11.5. The third kappa shape index (κ3) is 6.47. The van der Waals surface area contributed by atoms with E-state index in [4.69, 9.17) is 4.74 Å². The van der Waals surface area contributed by atoms with E-state index in [0.717, 1.165) is 30.4 Å². The van der Waals surface area contributed by atoms with Crippen LogP contribution in [-0.4, -0.2) is 50.7 Å². The van der Waals surface area contributed by atoms with Crippen molar-refractivity contribution in [3.05, 3.63) is 29.8 Å². The smallest absolute Gasteiger partial charge is 0.191 e. The molecule has 6 heteroatoms. The maximum atomic E-state index is 5.66. The molecule has 0 bridgehead atoms. The van der Waals surface area contributed by atoms with Crippen molar-refractivity contribution in [2.75, 3.05) is 39.8 Å².